The lowest BCUT2D eigenvalue weighted by Gasteiger charge is -1.97. The fraction of sp³-hybridized carbons (Fsp3) is 0.857. The second-order valence-electron chi connectivity index (χ2n) is 2.54. The molecule has 1 N–H and O–H groups in total. The maximum absolute atomic E-state index is 10.8. The Balaban J connectivity index is 2.19. The lowest BCUT2D eigenvalue weighted by molar-refractivity contribution is -0.145. The molecule has 3 heteroatoms. The van der Waals surface area contributed by atoms with Gasteiger partial charge in [0.25, 0.3) is 0 Å². The predicted octanol–water partition coefficient (Wildman–Crippen LogP) is 0.178. The molecule has 0 amide bonds. The molecule has 2 atom stereocenters. The molecule has 0 heterocycles. The van der Waals surface area contributed by atoms with Crippen LogP contribution in [0, 0.1) is 11.8 Å². The Morgan fingerprint density at radius 2 is 2.50 bits per heavy atom. The smallest absolute Gasteiger partial charge is 0.309 e. The zero-order valence-corrected chi connectivity index (χ0v) is 6.04. The van der Waals surface area contributed by atoms with Crippen molar-refractivity contribution >= 4 is 5.97 Å². The number of carbonyl (C=O) groups excluding carboxylic acids is 1. The lowest BCUT2D eigenvalue weighted by atomic mass is 10.3. The SMILES string of the molecule is CCOC(=O)C1C[C@@H]1CO. The number of hydrogen-bond donors (Lipinski definition) is 1. The van der Waals surface area contributed by atoms with Crippen LogP contribution >= 0.6 is 0 Å². The minimum atomic E-state index is -0.151. The van der Waals surface area contributed by atoms with Gasteiger partial charge in [0, 0.05) is 6.61 Å². The quantitative estimate of drug-likeness (QED) is 0.575. The fourth-order valence-corrected chi connectivity index (χ4v) is 0.987. The van der Waals surface area contributed by atoms with Gasteiger partial charge in [-0.2, -0.15) is 0 Å². The Morgan fingerprint density at radius 1 is 1.80 bits per heavy atom. The van der Waals surface area contributed by atoms with Gasteiger partial charge in [-0.3, -0.25) is 4.79 Å². The van der Waals surface area contributed by atoms with E-state index in [9.17, 15) is 4.79 Å². The number of aliphatic hydroxyl groups is 1. The maximum Gasteiger partial charge on any atom is 0.309 e. The van der Waals surface area contributed by atoms with Crippen LogP contribution in [0.15, 0.2) is 0 Å². The molecule has 0 radical (unpaired) electrons. The Morgan fingerprint density at radius 3 is 2.90 bits per heavy atom. The standard InChI is InChI=1S/C7H12O3/c1-2-10-7(9)6-3-5(6)4-8/h5-6,8H,2-4H2,1H3/t5-,6?/m1/s1. The molecule has 3 nitrogen and oxygen atoms in total. The number of rotatable bonds is 3. The highest BCUT2D eigenvalue weighted by atomic mass is 16.5. The maximum atomic E-state index is 10.8. The van der Waals surface area contributed by atoms with Gasteiger partial charge in [0.2, 0.25) is 0 Å². The van der Waals surface area contributed by atoms with Crippen LogP contribution in [0.3, 0.4) is 0 Å². The van der Waals surface area contributed by atoms with Crippen molar-refractivity contribution in [3.63, 3.8) is 0 Å². The summed E-state index contributed by atoms with van der Waals surface area (Å²) >= 11 is 0. The van der Waals surface area contributed by atoms with Crippen LogP contribution in [0.2, 0.25) is 0 Å². The number of carbonyl (C=O) groups is 1. The number of esters is 1. The second kappa shape index (κ2) is 3.01. The molecule has 0 aromatic rings. The first-order valence-electron chi connectivity index (χ1n) is 3.57. The van der Waals surface area contributed by atoms with Gasteiger partial charge in [0.1, 0.15) is 0 Å². The van der Waals surface area contributed by atoms with Gasteiger partial charge in [-0.05, 0) is 19.3 Å². The van der Waals surface area contributed by atoms with Crippen LogP contribution in [0.1, 0.15) is 13.3 Å². The van der Waals surface area contributed by atoms with Gasteiger partial charge in [-0.1, -0.05) is 0 Å². The van der Waals surface area contributed by atoms with E-state index in [-0.39, 0.29) is 24.4 Å². The molecular weight excluding hydrogens is 132 g/mol. The molecule has 1 fully saturated rings. The number of hydrogen-bond acceptors (Lipinski definition) is 3. The Bertz CT molecular complexity index is 133. The van der Waals surface area contributed by atoms with E-state index < -0.39 is 0 Å². The molecule has 0 aromatic carbocycles. The zero-order valence-electron chi connectivity index (χ0n) is 6.04. The predicted molar refractivity (Wildman–Crippen MR) is 35.3 cm³/mol. The number of ether oxygens (including phenoxy) is 1. The average molecular weight is 144 g/mol. The molecule has 0 aromatic heterocycles. The Labute approximate surface area is 60.0 Å². The van der Waals surface area contributed by atoms with Gasteiger partial charge >= 0.3 is 5.97 Å². The Kier molecular flexibility index (Phi) is 2.27. The number of aliphatic hydroxyl groups excluding tert-OH is 1. The average Bonchev–Trinajstić information content (AvgIpc) is 2.66. The summed E-state index contributed by atoms with van der Waals surface area (Å²) in [5, 5.41) is 8.59. The van der Waals surface area contributed by atoms with Gasteiger partial charge in [0.05, 0.1) is 12.5 Å². The summed E-state index contributed by atoms with van der Waals surface area (Å²) < 4.78 is 4.75. The fourth-order valence-electron chi connectivity index (χ4n) is 0.987. The van der Waals surface area contributed by atoms with E-state index in [4.69, 9.17) is 9.84 Å². The minimum Gasteiger partial charge on any atom is -0.466 e. The van der Waals surface area contributed by atoms with Crippen LogP contribution in [0.4, 0.5) is 0 Å². The molecule has 10 heavy (non-hydrogen) atoms. The first kappa shape index (κ1) is 7.54. The molecule has 1 rings (SSSR count). The highest BCUT2D eigenvalue weighted by Crippen LogP contribution is 2.38. The summed E-state index contributed by atoms with van der Waals surface area (Å²) in [5.74, 6) is 0.0190. The van der Waals surface area contributed by atoms with Crippen molar-refractivity contribution in [2.75, 3.05) is 13.2 Å². The van der Waals surface area contributed by atoms with Crippen LogP contribution in [-0.2, 0) is 9.53 Å². The van der Waals surface area contributed by atoms with Crippen LogP contribution in [-0.4, -0.2) is 24.3 Å². The zero-order chi connectivity index (χ0) is 7.56. The monoisotopic (exact) mass is 144 g/mol. The molecular formula is C7H12O3. The molecule has 58 valence electrons. The minimum absolute atomic E-state index is 0.00931. The molecule has 1 aliphatic rings. The van der Waals surface area contributed by atoms with Gasteiger partial charge in [-0.15, -0.1) is 0 Å². The Hall–Kier alpha value is -0.570. The van der Waals surface area contributed by atoms with E-state index in [2.05, 4.69) is 0 Å². The van der Waals surface area contributed by atoms with Crippen molar-refractivity contribution in [3.8, 4) is 0 Å². The van der Waals surface area contributed by atoms with Crippen molar-refractivity contribution in [2.24, 2.45) is 11.8 Å². The summed E-state index contributed by atoms with van der Waals surface area (Å²) in [6.07, 6.45) is 0.801. The van der Waals surface area contributed by atoms with E-state index in [1.54, 1.807) is 6.92 Å². The summed E-state index contributed by atoms with van der Waals surface area (Å²) in [4.78, 5) is 10.8. The molecule has 0 saturated heterocycles. The normalized spacial score (nSPS) is 29.8. The third-order valence-electron chi connectivity index (χ3n) is 1.75. The van der Waals surface area contributed by atoms with E-state index in [0.29, 0.717) is 6.61 Å². The first-order valence-corrected chi connectivity index (χ1v) is 3.57. The second-order valence-corrected chi connectivity index (χ2v) is 2.54. The third-order valence-corrected chi connectivity index (χ3v) is 1.75. The van der Waals surface area contributed by atoms with Gasteiger partial charge in [-0.25, -0.2) is 0 Å². The summed E-state index contributed by atoms with van der Waals surface area (Å²) in [5.41, 5.74) is 0. The van der Waals surface area contributed by atoms with Crippen LogP contribution < -0.4 is 0 Å². The topological polar surface area (TPSA) is 46.5 Å². The first-order chi connectivity index (χ1) is 4.79. The van der Waals surface area contributed by atoms with Crippen molar-refractivity contribution in [1.82, 2.24) is 0 Å². The summed E-state index contributed by atoms with van der Waals surface area (Å²) in [6, 6.07) is 0. The van der Waals surface area contributed by atoms with Crippen molar-refractivity contribution < 1.29 is 14.6 Å². The largest absolute Gasteiger partial charge is 0.466 e. The summed E-state index contributed by atoms with van der Waals surface area (Å²) in [7, 11) is 0. The van der Waals surface area contributed by atoms with Crippen molar-refractivity contribution in [1.29, 1.82) is 0 Å². The van der Waals surface area contributed by atoms with Crippen molar-refractivity contribution in [2.45, 2.75) is 13.3 Å². The van der Waals surface area contributed by atoms with E-state index in [1.165, 1.54) is 0 Å². The van der Waals surface area contributed by atoms with Gasteiger partial charge < -0.3 is 9.84 Å². The molecule has 1 saturated carbocycles. The van der Waals surface area contributed by atoms with E-state index in [0.717, 1.165) is 6.42 Å². The molecule has 0 bridgehead atoms. The molecule has 1 unspecified atom stereocenters. The molecule has 0 aliphatic heterocycles. The lowest BCUT2D eigenvalue weighted by Crippen LogP contribution is -2.08. The highest BCUT2D eigenvalue weighted by molar-refractivity contribution is 5.75. The molecule has 0 spiro atoms. The van der Waals surface area contributed by atoms with Crippen molar-refractivity contribution in [3.05, 3.63) is 0 Å². The highest BCUT2D eigenvalue weighted by Gasteiger charge is 2.43. The molecule has 1 aliphatic carbocycles. The summed E-state index contributed by atoms with van der Waals surface area (Å²) in [6.45, 7) is 2.34. The van der Waals surface area contributed by atoms with Crippen LogP contribution in [0.25, 0.3) is 0 Å². The van der Waals surface area contributed by atoms with E-state index in [1.807, 2.05) is 0 Å². The van der Waals surface area contributed by atoms with E-state index >= 15 is 0 Å². The van der Waals surface area contributed by atoms with Crippen LogP contribution in [0.5, 0.6) is 0 Å². The van der Waals surface area contributed by atoms with Gasteiger partial charge in [0.15, 0.2) is 0 Å². The third kappa shape index (κ3) is 1.48.